The van der Waals surface area contributed by atoms with Crippen LogP contribution >= 0.6 is 0 Å². The second kappa shape index (κ2) is 5.25. The van der Waals surface area contributed by atoms with Crippen molar-refractivity contribution in [2.75, 3.05) is 7.05 Å². The number of carbonyl (C=O) groups is 2. The van der Waals surface area contributed by atoms with E-state index in [1.54, 1.807) is 31.9 Å². The molecule has 5 heteroatoms. The quantitative estimate of drug-likeness (QED) is 0.800. The van der Waals surface area contributed by atoms with Gasteiger partial charge in [-0.2, -0.15) is 0 Å². The van der Waals surface area contributed by atoms with E-state index in [1.165, 1.54) is 0 Å². The van der Waals surface area contributed by atoms with Crippen LogP contribution in [-0.2, 0) is 9.59 Å². The Labute approximate surface area is 106 Å². The summed E-state index contributed by atoms with van der Waals surface area (Å²) in [5, 5.41) is 18.1. The molecule has 0 fully saturated rings. The number of aliphatic carboxylic acids is 2. The summed E-state index contributed by atoms with van der Waals surface area (Å²) in [6.45, 7) is 5.11. The molecular weight excluding hydrogens is 234 g/mol. The van der Waals surface area contributed by atoms with Crippen molar-refractivity contribution in [1.29, 1.82) is 0 Å². The molecule has 0 radical (unpaired) electrons. The highest BCUT2D eigenvalue weighted by Gasteiger charge is 2.28. The SMILES string of the molecule is CC1=C(C(C)C(=O)O)CC=C(C(C)C(=O)O)N1C. The average Bonchev–Trinajstić information content (AvgIpc) is 2.30. The summed E-state index contributed by atoms with van der Waals surface area (Å²) in [5.41, 5.74) is 2.36. The normalized spacial score (nSPS) is 19.3. The molecule has 1 aliphatic rings. The van der Waals surface area contributed by atoms with E-state index in [9.17, 15) is 9.59 Å². The van der Waals surface area contributed by atoms with Crippen molar-refractivity contribution in [1.82, 2.24) is 4.90 Å². The summed E-state index contributed by atoms with van der Waals surface area (Å²) in [6, 6.07) is 0. The number of hydrogen-bond donors (Lipinski definition) is 2. The van der Waals surface area contributed by atoms with E-state index >= 15 is 0 Å². The molecule has 0 aliphatic carbocycles. The molecule has 5 nitrogen and oxygen atoms in total. The number of hydrogen-bond acceptors (Lipinski definition) is 3. The van der Waals surface area contributed by atoms with Crippen molar-refractivity contribution in [3.05, 3.63) is 23.0 Å². The van der Waals surface area contributed by atoms with E-state index < -0.39 is 23.8 Å². The first kappa shape index (κ1) is 14.3. The minimum Gasteiger partial charge on any atom is -0.481 e. The Morgan fingerprint density at radius 2 is 1.72 bits per heavy atom. The van der Waals surface area contributed by atoms with Crippen LogP contribution in [0.25, 0.3) is 0 Å². The minimum atomic E-state index is -0.879. The fraction of sp³-hybridized carbons (Fsp3) is 0.538. The van der Waals surface area contributed by atoms with Gasteiger partial charge in [-0.15, -0.1) is 0 Å². The lowest BCUT2D eigenvalue weighted by Gasteiger charge is -2.33. The zero-order valence-electron chi connectivity index (χ0n) is 11.1. The molecule has 18 heavy (non-hydrogen) atoms. The van der Waals surface area contributed by atoms with E-state index in [-0.39, 0.29) is 0 Å². The summed E-state index contributed by atoms with van der Waals surface area (Å²) in [4.78, 5) is 23.8. The Bertz CT molecular complexity index is 436. The number of nitrogens with zero attached hydrogens (tertiary/aromatic N) is 1. The predicted molar refractivity (Wildman–Crippen MR) is 66.8 cm³/mol. The van der Waals surface area contributed by atoms with Gasteiger partial charge in [0.25, 0.3) is 0 Å². The van der Waals surface area contributed by atoms with Crippen LogP contribution in [0.1, 0.15) is 27.2 Å². The summed E-state index contributed by atoms with van der Waals surface area (Å²) in [5.74, 6) is -2.88. The van der Waals surface area contributed by atoms with Gasteiger partial charge >= 0.3 is 11.9 Å². The molecule has 2 N–H and O–H groups in total. The number of carboxylic acids is 2. The van der Waals surface area contributed by atoms with Crippen LogP contribution in [0.15, 0.2) is 23.0 Å². The van der Waals surface area contributed by atoms with Crippen LogP contribution < -0.4 is 0 Å². The van der Waals surface area contributed by atoms with Crippen molar-refractivity contribution in [2.45, 2.75) is 27.2 Å². The molecular formula is C13H19NO4. The van der Waals surface area contributed by atoms with Crippen molar-refractivity contribution in [3.63, 3.8) is 0 Å². The third-order valence-electron chi connectivity index (χ3n) is 3.59. The predicted octanol–water partition coefficient (Wildman–Crippen LogP) is 1.92. The maximum atomic E-state index is 11.0. The summed E-state index contributed by atoms with van der Waals surface area (Å²) in [7, 11) is 1.77. The van der Waals surface area contributed by atoms with E-state index in [1.807, 2.05) is 6.92 Å². The molecule has 2 unspecified atom stereocenters. The summed E-state index contributed by atoms with van der Waals surface area (Å²) >= 11 is 0. The van der Waals surface area contributed by atoms with Crippen molar-refractivity contribution < 1.29 is 19.8 Å². The second-order valence-electron chi connectivity index (χ2n) is 4.62. The molecule has 1 heterocycles. The van der Waals surface area contributed by atoms with Crippen LogP contribution in [0.3, 0.4) is 0 Å². The zero-order chi connectivity index (χ0) is 14.0. The smallest absolute Gasteiger partial charge is 0.312 e. The Kier molecular flexibility index (Phi) is 4.16. The Balaban J connectivity index is 3.01. The first-order valence-corrected chi connectivity index (χ1v) is 5.86. The highest BCUT2D eigenvalue weighted by atomic mass is 16.4. The van der Waals surface area contributed by atoms with Crippen LogP contribution in [0.4, 0.5) is 0 Å². The van der Waals surface area contributed by atoms with Gasteiger partial charge in [-0.1, -0.05) is 6.08 Å². The minimum absolute atomic E-state index is 0.497. The van der Waals surface area contributed by atoms with Gasteiger partial charge in [0.2, 0.25) is 0 Å². The van der Waals surface area contributed by atoms with E-state index in [2.05, 4.69) is 0 Å². The molecule has 0 aromatic heterocycles. The van der Waals surface area contributed by atoms with Crippen molar-refractivity contribution in [3.8, 4) is 0 Å². The molecule has 0 saturated carbocycles. The molecule has 0 spiro atoms. The van der Waals surface area contributed by atoms with Gasteiger partial charge in [0.15, 0.2) is 0 Å². The van der Waals surface area contributed by atoms with Gasteiger partial charge in [-0.3, -0.25) is 9.59 Å². The van der Waals surface area contributed by atoms with Gasteiger partial charge in [0, 0.05) is 18.4 Å². The van der Waals surface area contributed by atoms with Gasteiger partial charge in [-0.05, 0) is 32.8 Å². The van der Waals surface area contributed by atoms with E-state index in [0.717, 1.165) is 11.3 Å². The standard InChI is InChI=1S/C13H19NO4/c1-7(12(15)16)10-5-6-11(8(2)13(17)18)14(4)9(10)3/h6-8H,5H2,1-4H3,(H,15,16)(H,17,18). The second-order valence-corrected chi connectivity index (χ2v) is 4.62. The van der Waals surface area contributed by atoms with E-state index in [4.69, 9.17) is 10.2 Å². The third kappa shape index (κ3) is 2.55. The maximum Gasteiger partial charge on any atom is 0.312 e. The molecule has 0 aromatic carbocycles. The largest absolute Gasteiger partial charge is 0.481 e. The first-order chi connectivity index (χ1) is 8.27. The van der Waals surface area contributed by atoms with Crippen LogP contribution in [0, 0.1) is 11.8 Å². The molecule has 2 atom stereocenters. The number of allylic oxidation sites excluding steroid dienone is 2. The zero-order valence-corrected chi connectivity index (χ0v) is 11.1. The summed E-state index contributed by atoms with van der Waals surface area (Å²) in [6.07, 6.45) is 2.30. The number of carboxylic acid groups (broad SMARTS) is 2. The number of rotatable bonds is 4. The topological polar surface area (TPSA) is 77.8 Å². The monoisotopic (exact) mass is 253 g/mol. The van der Waals surface area contributed by atoms with Gasteiger partial charge < -0.3 is 15.1 Å². The average molecular weight is 253 g/mol. The van der Waals surface area contributed by atoms with Gasteiger partial charge in [0.1, 0.15) is 0 Å². The highest BCUT2D eigenvalue weighted by Crippen LogP contribution is 2.31. The van der Waals surface area contributed by atoms with Gasteiger partial charge in [0.05, 0.1) is 11.8 Å². The van der Waals surface area contributed by atoms with Crippen molar-refractivity contribution in [2.24, 2.45) is 11.8 Å². The fourth-order valence-corrected chi connectivity index (χ4v) is 2.14. The third-order valence-corrected chi connectivity index (χ3v) is 3.59. The lowest BCUT2D eigenvalue weighted by atomic mass is 9.90. The van der Waals surface area contributed by atoms with Crippen LogP contribution in [0.5, 0.6) is 0 Å². The Morgan fingerprint density at radius 1 is 1.22 bits per heavy atom. The lowest BCUT2D eigenvalue weighted by Crippen LogP contribution is -2.30. The maximum absolute atomic E-state index is 11.0. The van der Waals surface area contributed by atoms with E-state index in [0.29, 0.717) is 12.1 Å². The van der Waals surface area contributed by atoms with Crippen LogP contribution in [0.2, 0.25) is 0 Å². The molecule has 0 bridgehead atoms. The lowest BCUT2D eigenvalue weighted by molar-refractivity contribution is -0.141. The van der Waals surface area contributed by atoms with Crippen molar-refractivity contribution >= 4 is 11.9 Å². The Hall–Kier alpha value is -1.78. The Morgan fingerprint density at radius 3 is 2.17 bits per heavy atom. The molecule has 1 aliphatic heterocycles. The summed E-state index contributed by atoms with van der Waals surface area (Å²) < 4.78 is 0. The van der Waals surface area contributed by atoms with Crippen LogP contribution in [-0.4, -0.2) is 34.1 Å². The molecule has 0 aromatic rings. The molecule has 100 valence electrons. The highest BCUT2D eigenvalue weighted by molar-refractivity contribution is 5.75. The molecule has 0 amide bonds. The van der Waals surface area contributed by atoms with Gasteiger partial charge in [-0.25, -0.2) is 0 Å². The first-order valence-electron chi connectivity index (χ1n) is 5.86. The fourth-order valence-electron chi connectivity index (χ4n) is 2.14. The molecule has 1 rings (SSSR count). The molecule has 0 saturated heterocycles.